The Balaban J connectivity index is 1.72. The van der Waals surface area contributed by atoms with Gasteiger partial charge in [-0.3, -0.25) is 9.69 Å². The Morgan fingerprint density at radius 2 is 2.14 bits per heavy atom. The molecule has 0 radical (unpaired) electrons. The van der Waals surface area contributed by atoms with Gasteiger partial charge in [-0.15, -0.1) is 11.8 Å². The average Bonchev–Trinajstić information content (AvgIpc) is 3.41. The van der Waals surface area contributed by atoms with Gasteiger partial charge in [0.25, 0.3) is 5.91 Å². The zero-order chi connectivity index (χ0) is 20.2. The van der Waals surface area contributed by atoms with Gasteiger partial charge >= 0.3 is 0 Å². The van der Waals surface area contributed by atoms with E-state index in [1.54, 1.807) is 23.1 Å². The first-order valence-corrected chi connectivity index (χ1v) is 12.0. The van der Waals surface area contributed by atoms with Crippen molar-refractivity contribution in [2.45, 2.75) is 44.1 Å². The molecule has 1 unspecified atom stereocenters. The van der Waals surface area contributed by atoms with E-state index in [1.165, 1.54) is 5.56 Å². The van der Waals surface area contributed by atoms with Crippen molar-refractivity contribution in [1.82, 2.24) is 4.98 Å². The van der Waals surface area contributed by atoms with Crippen LogP contribution in [0.4, 0.5) is 5.13 Å². The summed E-state index contributed by atoms with van der Waals surface area (Å²) in [5.74, 6) is 0.934. The van der Waals surface area contributed by atoms with Crippen LogP contribution in [0.5, 0.6) is 0 Å². The molecule has 1 aliphatic heterocycles. The number of fused-ring (bicyclic) bond motifs is 1. The van der Waals surface area contributed by atoms with Gasteiger partial charge in [-0.2, -0.15) is 0 Å². The first kappa shape index (κ1) is 20.4. The second-order valence-electron chi connectivity index (χ2n) is 7.13. The molecule has 6 heteroatoms. The molecule has 1 aromatic heterocycles. The van der Waals surface area contributed by atoms with Crippen molar-refractivity contribution in [2.75, 3.05) is 23.8 Å². The number of rotatable bonds is 7. The highest BCUT2D eigenvalue weighted by Gasteiger charge is 2.28. The van der Waals surface area contributed by atoms with Gasteiger partial charge in [0.05, 0.1) is 28.4 Å². The van der Waals surface area contributed by atoms with Gasteiger partial charge in [0.15, 0.2) is 5.13 Å². The number of carbonyl (C=O) groups is 1. The molecule has 1 saturated heterocycles. The SMILES string of the molecule is CCSc1ccccc1C(=O)N(CC1CCCO1)c1nc2ccc(CC)cc2s1. The highest BCUT2D eigenvalue weighted by atomic mass is 32.2. The van der Waals surface area contributed by atoms with Crippen LogP contribution in [0.1, 0.15) is 42.6 Å². The molecule has 2 aromatic carbocycles. The zero-order valence-electron chi connectivity index (χ0n) is 16.9. The van der Waals surface area contributed by atoms with Gasteiger partial charge in [0.2, 0.25) is 0 Å². The summed E-state index contributed by atoms with van der Waals surface area (Å²) in [6, 6.07) is 14.2. The molecular weight excluding hydrogens is 400 g/mol. The van der Waals surface area contributed by atoms with E-state index in [2.05, 4.69) is 32.0 Å². The summed E-state index contributed by atoms with van der Waals surface area (Å²) >= 11 is 3.29. The molecule has 0 bridgehead atoms. The van der Waals surface area contributed by atoms with Gasteiger partial charge in [0, 0.05) is 11.5 Å². The lowest BCUT2D eigenvalue weighted by atomic mass is 10.1. The Kier molecular flexibility index (Phi) is 6.53. The van der Waals surface area contributed by atoms with Crippen LogP contribution in [-0.2, 0) is 11.2 Å². The van der Waals surface area contributed by atoms with E-state index in [1.807, 2.05) is 29.2 Å². The van der Waals surface area contributed by atoms with Gasteiger partial charge < -0.3 is 4.74 Å². The molecule has 0 aliphatic carbocycles. The van der Waals surface area contributed by atoms with E-state index in [-0.39, 0.29) is 12.0 Å². The topological polar surface area (TPSA) is 42.4 Å². The number of ether oxygens (including phenoxy) is 1. The standard InChI is InChI=1S/C23H26N2O2S2/c1-3-16-11-12-19-21(14-16)29-23(24-19)25(15-17-8-7-13-27-17)22(26)18-9-5-6-10-20(18)28-4-2/h5-6,9-12,14,17H,3-4,7-8,13,15H2,1-2H3. The second-order valence-corrected chi connectivity index (χ2v) is 9.45. The molecule has 0 saturated carbocycles. The smallest absolute Gasteiger partial charge is 0.261 e. The zero-order valence-corrected chi connectivity index (χ0v) is 18.5. The number of thioether (sulfide) groups is 1. The quantitative estimate of drug-likeness (QED) is 0.448. The Hall–Kier alpha value is -1.89. The van der Waals surface area contributed by atoms with Crippen molar-refractivity contribution < 1.29 is 9.53 Å². The largest absolute Gasteiger partial charge is 0.376 e. The summed E-state index contributed by atoms with van der Waals surface area (Å²) in [5.41, 5.74) is 2.98. The number of thiazole rings is 1. The molecule has 4 nitrogen and oxygen atoms in total. The van der Waals surface area contributed by atoms with Crippen molar-refractivity contribution in [3.8, 4) is 0 Å². The predicted octanol–water partition coefficient (Wildman–Crippen LogP) is 5.80. The maximum absolute atomic E-state index is 13.7. The molecular formula is C23H26N2O2S2. The van der Waals surface area contributed by atoms with E-state index in [0.717, 1.165) is 57.4 Å². The van der Waals surface area contributed by atoms with E-state index in [4.69, 9.17) is 9.72 Å². The van der Waals surface area contributed by atoms with Crippen molar-refractivity contribution in [3.63, 3.8) is 0 Å². The van der Waals surface area contributed by atoms with Crippen LogP contribution < -0.4 is 4.90 Å². The molecule has 4 rings (SSSR count). The maximum Gasteiger partial charge on any atom is 0.261 e. The molecule has 2 heterocycles. The van der Waals surface area contributed by atoms with Gasteiger partial charge in [-0.05, 0) is 54.8 Å². The van der Waals surface area contributed by atoms with Crippen LogP contribution in [0.2, 0.25) is 0 Å². The highest BCUT2D eigenvalue weighted by molar-refractivity contribution is 7.99. The van der Waals surface area contributed by atoms with Gasteiger partial charge in [0.1, 0.15) is 0 Å². The summed E-state index contributed by atoms with van der Waals surface area (Å²) in [6.07, 6.45) is 3.10. The first-order valence-electron chi connectivity index (χ1n) is 10.2. The van der Waals surface area contributed by atoms with Crippen LogP contribution in [-0.4, -0.2) is 35.9 Å². The van der Waals surface area contributed by atoms with Crippen molar-refractivity contribution >= 4 is 44.4 Å². The maximum atomic E-state index is 13.7. The normalized spacial score (nSPS) is 16.4. The fourth-order valence-corrected chi connectivity index (χ4v) is 5.44. The third kappa shape index (κ3) is 4.49. The molecule has 1 fully saturated rings. The number of aryl methyl sites for hydroxylation is 1. The minimum Gasteiger partial charge on any atom is -0.376 e. The summed E-state index contributed by atoms with van der Waals surface area (Å²) in [6.45, 7) is 5.58. The van der Waals surface area contributed by atoms with E-state index in [9.17, 15) is 4.79 Å². The highest BCUT2D eigenvalue weighted by Crippen LogP contribution is 2.33. The minimum atomic E-state index is 0.00632. The van der Waals surface area contributed by atoms with Gasteiger partial charge in [-0.1, -0.05) is 43.4 Å². The summed E-state index contributed by atoms with van der Waals surface area (Å²) in [7, 11) is 0. The molecule has 0 N–H and O–H groups in total. The number of anilines is 1. The molecule has 29 heavy (non-hydrogen) atoms. The van der Waals surface area contributed by atoms with Crippen LogP contribution in [0.3, 0.4) is 0 Å². The summed E-state index contributed by atoms with van der Waals surface area (Å²) in [5, 5.41) is 0.755. The summed E-state index contributed by atoms with van der Waals surface area (Å²) < 4.78 is 6.98. The first-order chi connectivity index (χ1) is 14.2. The van der Waals surface area contributed by atoms with Crippen LogP contribution in [0.25, 0.3) is 10.2 Å². The molecule has 0 spiro atoms. The average molecular weight is 427 g/mol. The molecule has 3 aromatic rings. The van der Waals surface area contributed by atoms with E-state index >= 15 is 0 Å². The van der Waals surface area contributed by atoms with Crippen LogP contribution in [0, 0.1) is 0 Å². The number of nitrogens with zero attached hydrogens (tertiary/aromatic N) is 2. The Morgan fingerprint density at radius 1 is 1.28 bits per heavy atom. The molecule has 1 aliphatic rings. The predicted molar refractivity (Wildman–Crippen MR) is 122 cm³/mol. The van der Waals surface area contributed by atoms with Crippen molar-refractivity contribution in [3.05, 3.63) is 53.6 Å². The lowest BCUT2D eigenvalue weighted by molar-refractivity contribution is 0.0915. The number of aromatic nitrogens is 1. The fraction of sp³-hybridized carbons (Fsp3) is 0.391. The van der Waals surface area contributed by atoms with Crippen LogP contribution >= 0.6 is 23.1 Å². The minimum absolute atomic E-state index is 0.00632. The monoisotopic (exact) mass is 426 g/mol. The Morgan fingerprint density at radius 3 is 2.90 bits per heavy atom. The Bertz CT molecular complexity index is 995. The molecule has 152 valence electrons. The van der Waals surface area contributed by atoms with E-state index in [0.29, 0.717) is 6.54 Å². The summed E-state index contributed by atoms with van der Waals surface area (Å²) in [4.78, 5) is 21.3. The second kappa shape index (κ2) is 9.28. The van der Waals surface area contributed by atoms with Gasteiger partial charge in [-0.25, -0.2) is 4.98 Å². The lowest BCUT2D eigenvalue weighted by Gasteiger charge is -2.24. The fourth-order valence-electron chi connectivity index (χ4n) is 3.60. The van der Waals surface area contributed by atoms with Crippen molar-refractivity contribution in [1.29, 1.82) is 0 Å². The van der Waals surface area contributed by atoms with Crippen LogP contribution in [0.15, 0.2) is 47.4 Å². The van der Waals surface area contributed by atoms with Crippen molar-refractivity contribution in [2.24, 2.45) is 0 Å². The third-order valence-corrected chi connectivity index (χ3v) is 7.15. The third-order valence-electron chi connectivity index (χ3n) is 5.15. The number of amides is 1. The number of hydrogen-bond acceptors (Lipinski definition) is 5. The number of benzene rings is 2. The number of hydrogen-bond donors (Lipinski definition) is 0. The lowest BCUT2D eigenvalue weighted by Crippen LogP contribution is -2.37. The molecule has 1 atom stereocenters. The Labute approximate surface area is 180 Å². The van der Waals surface area contributed by atoms with E-state index < -0.39 is 0 Å². The molecule has 1 amide bonds. The number of carbonyl (C=O) groups excluding carboxylic acids is 1.